The van der Waals surface area contributed by atoms with Crippen molar-refractivity contribution in [3.05, 3.63) is 0 Å². The summed E-state index contributed by atoms with van der Waals surface area (Å²) < 4.78 is 5.50. The Bertz CT molecular complexity index is 284. The molecule has 0 amide bonds. The van der Waals surface area contributed by atoms with Crippen LogP contribution in [0.3, 0.4) is 0 Å². The maximum Gasteiger partial charge on any atom is 0.309 e. The molecule has 0 spiro atoms. The van der Waals surface area contributed by atoms with Gasteiger partial charge < -0.3 is 10.1 Å². The zero-order valence-electron chi connectivity index (χ0n) is 12.3. The van der Waals surface area contributed by atoms with Gasteiger partial charge in [-0.15, -0.1) is 0 Å². The van der Waals surface area contributed by atoms with Crippen molar-refractivity contribution in [3.63, 3.8) is 0 Å². The largest absolute Gasteiger partial charge is 0.460 e. The molecule has 1 fully saturated rings. The van der Waals surface area contributed by atoms with Gasteiger partial charge in [0.2, 0.25) is 0 Å². The maximum atomic E-state index is 12.1. The molecular weight excluding hydrogens is 214 g/mol. The Morgan fingerprint density at radius 1 is 1.12 bits per heavy atom. The lowest BCUT2D eigenvalue weighted by Gasteiger charge is -2.46. The van der Waals surface area contributed by atoms with Crippen molar-refractivity contribution in [1.29, 1.82) is 0 Å². The number of carbonyl (C=O) groups excluding carboxylic acids is 1. The summed E-state index contributed by atoms with van der Waals surface area (Å²) in [7, 11) is 0. The number of carbonyl (C=O) groups is 1. The Labute approximate surface area is 105 Å². The van der Waals surface area contributed by atoms with Crippen LogP contribution in [0.15, 0.2) is 0 Å². The zero-order chi connectivity index (χ0) is 13.5. The highest BCUT2D eigenvalue weighted by Gasteiger charge is 2.41. The molecule has 0 bridgehead atoms. The summed E-state index contributed by atoms with van der Waals surface area (Å²) >= 11 is 0. The third kappa shape index (κ3) is 4.66. The highest BCUT2D eigenvalue weighted by molar-refractivity contribution is 5.73. The van der Waals surface area contributed by atoms with E-state index in [-0.39, 0.29) is 23.0 Å². The summed E-state index contributed by atoms with van der Waals surface area (Å²) in [4.78, 5) is 12.1. The lowest BCUT2D eigenvalue weighted by molar-refractivity contribution is -0.163. The van der Waals surface area contributed by atoms with Gasteiger partial charge in [-0.1, -0.05) is 0 Å². The summed E-state index contributed by atoms with van der Waals surface area (Å²) in [6.45, 7) is 14.3. The molecule has 0 aromatic rings. The Morgan fingerprint density at radius 3 is 1.88 bits per heavy atom. The van der Waals surface area contributed by atoms with Crippen LogP contribution in [0.4, 0.5) is 0 Å². The first-order chi connectivity index (χ1) is 7.40. The van der Waals surface area contributed by atoms with Crippen LogP contribution in [0.25, 0.3) is 0 Å². The minimum Gasteiger partial charge on any atom is -0.460 e. The van der Waals surface area contributed by atoms with E-state index in [1.54, 1.807) is 0 Å². The first-order valence-corrected chi connectivity index (χ1v) is 6.42. The molecule has 0 aromatic heterocycles. The normalized spacial score (nSPS) is 24.4. The van der Waals surface area contributed by atoms with E-state index in [1.165, 1.54) is 0 Å². The molecule has 0 radical (unpaired) electrons. The van der Waals surface area contributed by atoms with Gasteiger partial charge in [-0.3, -0.25) is 4.79 Å². The minimum absolute atomic E-state index is 0.000440. The number of hydrogen-bond donors (Lipinski definition) is 1. The first kappa shape index (κ1) is 14.5. The molecule has 1 heterocycles. The van der Waals surface area contributed by atoms with E-state index in [0.717, 1.165) is 12.8 Å². The van der Waals surface area contributed by atoms with Crippen molar-refractivity contribution in [2.45, 2.75) is 78.0 Å². The lowest BCUT2D eigenvalue weighted by atomic mass is 9.76. The molecule has 0 unspecified atom stereocenters. The average Bonchev–Trinajstić information content (AvgIpc) is 1.93. The molecule has 1 saturated heterocycles. The topological polar surface area (TPSA) is 38.3 Å². The van der Waals surface area contributed by atoms with Gasteiger partial charge in [-0.2, -0.15) is 0 Å². The standard InChI is InChI=1S/C14H27NO2/c1-12(2,3)17-11(16)10-8-13(4,5)15-14(6,7)9-10/h10,15H,8-9H2,1-7H3. The monoisotopic (exact) mass is 241 g/mol. The fourth-order valence-electron chi connectivity index (χ4n) is 2.87. The lowest BCUT2D eigenvalue weighted by Crippen LogP contribution is -2.59. The highest BCUT2D eigenvalue weighted by atomic mass is 16.6. The Hall–Kier alpha value is -0.570. The Morgan fingerprint density at radius 2 is 1.53 bits per heavy atom. The van der Waals surface area contributed by atoms with Gasteiger partial charge in [0.1, 0.15) is 5.60 Å². The third-order valence-electron chi connectivity index (χ3n) is 2.93. The smallest absolute Gasteiger partial charge is 0.309 e. The molecule has 0 saturated carbocycles. The second-order valence-corrected chi connectivity index (χ2v) is 7.53. The van der Waals surface area contributed by atoms with Gasteiger partial charge in [0.05, 0.1) is 5.92 Å². The fourth-order valence-corrected chi connectivity index (χ4v) is 2.87. The quantitative estimate of drug-likeness (QED) is 0.717. The second-order valence-electron chi connectivity index (χ2n) is 7.53. The van der Waals surface area contributed by atoms with E-state index in [0.29, 0.717) is 0 Å². The molecule has 1 N–H and O–H groups in total. The molecule has 100 valence electrons. The maximum absolute atomic E-state index is 12.1. The van der Waals surface area contributed by atoms with E-state index < -0.39 is 5.60 Å². The molecule has 0 atom stereocenters. The SMILES string of the molecule is CC1(C)CC(C(=O)OC(C)(C)C)CC(C)(C)N1. The number of nitrogens with one attached hydrogen (secondary N) is 1. The van der Waals surface area contributed by atoms with E-state index in [1.807, 2.05) is 20.8 Å². The third-order valence-corrected chi connectivity index (χ3v) is 2.93. The summed E-state index contributed by atoms with van der Waals surface area (Å²) in [6.07, 6.45) is 1.68. The van der Waals surface area contributed by atoms with Crippen LogP contribution < -0.4 is 5.32 Å². The average molecular weight is 241 g/mol. The van der Waals surface area contributed by atoms with E-state index in [4.69, 9.17) is 4.74 Å². The van der Waals surface area contributed by atoms with Crippen molar-refractivity contribution in [2.24, 2.45) is 5.92 Å². The van der Waals surface area contributed by atoms with Gasteiger partial charge in [0, 0.05) is 11.1 Å². The summed E-state index contributed by atoms with van der Waals surface area (Å²) in [5.74, 6) is -0.0550. The van der Waals surface area contributed by atoms with Crippen molar-refractivity contribution >= 4 is 5.97 Å². The molecule has 1 aliphatic rings. The van der Waals surface area contributed by atoms with Gasteiger partial charge in [-0.25, -0.2) is 0 Å². The van der Waals surface area contributed by atoms with E-state index in [2.05, 4.69) is 33.0 Å². The number of ether oxygens (including phenoxy) is 1. The molecule has 0 aliphatic carbocycles. The summed E-state index contributed by atoms with van der Waals surface area (Å²) in [6, 6.07) is 0. The van der Waals surface area contributed by atoms with Crippen molar-refractivity contribution in [1.82, 2.24) is 5.32 Å². The molecule has 17 heavy (non-hydrogen) atoms. The molecule has 1 aliphatic heterocycles. The molecular formula is C14H27NO2. The number of piperidine rings is 1. The first-order valence-electron chi connectivity index (χ1n) is 6.42. The van der Waals surface area contributed by atoms with Crippen molar-refractivity contribution in [2.75, 3.05) is 0 Å². The number of rotatable bonds is 1. The molecule has 3 heteroatoms. The minimum atomic E-state index is -0.393. The zero-order valence-corrected chi connectivity index (χ0v) is 12.3. The number of esters is 1. The molecule has 1 rings (SSSR count). The summed E-state index contributed by atoms with van der Waals surface area (Å²) in [5.41, 5.74) is -0.414. The van der Waals surface area contributed by atoms with Crippen LogP contribution in [0.5, 0.6) is 0 Å². The van der Waals surface area contributed by atoms with Gasteiger partial charge in [0.25, 0.3) is 0 Å². The van der Waals surface area contributed by atoms with Crippen molar-refractivity contribution < 1.29 is 9.53 Å². The van der Waals surface area contributed by atoms with Crippen LogP contribution in [-0.2, 0) is 9.53 Å². The van der Waals surface area contributed by atoms with E-state index in [9.17, 15) is 4.79 Å². The Kier molecular flexibility index (Phi) is 3.64. The van der Waals surface area contributed by atoms with Crippen LogP contribution in [0, 0.1) is 5.92 Å². The Balaban J connectivity index is 2.74. The molecule has 3 nitrogen and oxygen atoms in total. The summed E-state index contributed by atoms with van der Waals surface area (Å²) in [5, 5.41) is 3.57. The van der Waals surface area contributed by atoms with Gasteiger partial charge in [-0.05, 0) is 61.3 Å². The van der Waals surface area contributed by atoms with Crippen LogP contribution in [0.1, 0.15) is 61.3 Å². The van der Waals surface area contributed by atoms with Crippen LogP contribution in [0.2, 0.25) is 0 Å². The van der Waals surface area contributed by atoms with Gasteiger partial charge >= 0.3 is 5.97 Å². The van der Waals surface area contributed by atoms with E-state index >= 15 is 0 Å². The highest BCUT2D eigenvalue weighted by Crippen LogP contribution is 2.34. The predicted molar refractivity (Wildman–Crippen MR) is 69.9 cm³/mol. The van der Waals surface area contributed by atoms with Crippen molar-refractivity contribution in [3.8, 4) is 0 Å². The molecule has 0 aromatic carbocycles. The number of hydrogen-bond acceptors (Lipinski definition) is 3. The van der Waals surface area contributed by atoms with Crippen LogP contribution >= 0.6 is 0 Å². The second kappa shape index (κ2) is 4.27. The van der Waals surface area contributed by atoms with Crippen LogP contribution in [-0.4, -0.2) is 22.6 Å². The van der Waals surface area contributed by atoms with Gasteiger partial charge in [0.15, 0.2) is 0 Å². The fraction of sp³-hybridized carbons (Fsp3) is 0.929. The predicted octanol–water partition coefficient (Wildman–Crippen LogP) is 2.88.